The summed E-state index contributed by atoms with van der Waals surface area (Å²) < 4.78 is 5.63. The maximum atomic E-state index is 12.6. The maximum Gasteiger partial charge on any atom is 0.305 e. The number of hydrogen-bond acceptors (Lipinski definition) is 8. The summed E-state index contributed by atoms with van der Waals surface area (Å²) in [6.07, 6.45) is 1.37. The average molecular weight is 423 g/mol. The Hall–Kier alpha value is -2.50. The fourth-order valence-electron chi connectivity index (χ4n) is 2.90. The van der Waals surface area contributed by atoms with Crippen LogP contribution in [0.5, 0.6) is 0 Å². The molecule has 2 aliphatic heterocycles. The number of rotatable bonds is 6. The van der Waals surface area contributed by atoms with Crippen molar-refractivity contribution in [3.8, 4) is 0 Å². The van der Waals surface area contributed by atoms with Gasteiger partial charge in [-0.05, 0) is 12.1 Å². The van der Waals surface area contributed by atoms with Crippen LogP contribution in [0, 0.1) is 10.1 Å². The molecule has 0 aromatic heterocycles. The number of carboxylic acids is 1. The molecule has 0 bridgehead atoms. The number of aliphatic carboxylic acids is 1. The first kappa shape index (κ1) is 20.2. The smallest absolute Gasteiger partial charge is 0.305 e. The molecular weight excluding hydrogens is 406 g/mol. The fourth-order valence-corrected chi connectivity index (χ4v) is 4.20. The Bertz CT molecular complexity index is 866. The van der Waals surface area contributed by atoms with Crippen LogP contribution in [0.25, 0.3) is 6.08 Å². The minimum absolute atomic E-state index is 0.0113. The van der Waals surface area contributed by atoms with E-state index in [9.17, 15) is 19.7 Å². The van der Waals surface area contributed by atoms with E-state index in [1.54, 1.807) is 12.1 Å². The molecule has 28 heavy (non-hydrogen) atoms. The number of nitrogens with zero attached hydrogens (tertiary/aromatic N) is 3. The van der Waals surface area contributed by atoms with E-state index in [1.807, 2.05) is 4.90 Å². The molecule has 1 N–H and O–H groups in total. The number of nitro benzene ring substituents is 1. The quantitative estimate of drug-likeness (QED) is 0.318. The normalized spacial score (nSPS) is 18.8. The maximum absolute atomic E-state index is 12.6. The summed E-state index contributed by atoms with van der Waals surface area (Å²) in [6.45, 7) is 2.36. The van der Waals surface area contributed by atoms with Gasteiger partial charge in [0.15, 0.2) is 0 Å². The Morgan fingerprint density at radius 3 is 2.75 bits per heavy atom. The second-order valence-electron chi connectivity index (χ2n) is 6.08. The highest BCUT2D eigenvalue weighted by Gasteiger charge is 2.32. The number of hydrogen-bond donors (Lipinski definition) is 1. The Morgan fingerprint density at radius 2 is 2.11 bits per heavy atom. The zero-order chi connectivity index (χ0) is 20.3. The molecule has 2 saturated heterocycles. The summed E-state index contributed by atoms with van der Waals surface area (Å²) in [4.78, 5) is 37.7. The summed E-state index contributed by atoms with van der Waals surface area (Å²) in [5, 5.41) is 20.0. The number of thiocarbonyl (C=S) groups is 1. The molecule has 148 valence electrons. The van der Waals surface area contributed by atoms with E-state index in [1.165, 1.54) is 17.0 Å². The summed E-state index contributed by atoms with van der Waals surface area (Å²) in [5.74, 6) is -1.41. The molecule has 9 nitrogen and oxygen atoms in total. The van der Waals surface area contributed by atoms with Crippen LogP contribution in [0.1, 0.15) is 12.0 Å². The van der Waals surface area contributed by atoms with Crippen molar-refractivity contribution in [2.24, 2.45) is 0 Å². The molecule has 1 aromatic carbocycles. The Kier molecular flexibility index (Phi) is 6.27. The lowest BCUT2D eigenvalue weighted by Crippen LogP contribution is -2.36. The number of carbonyl (C=O) groups is 2. The van der Waals surface area contributed by atoms with Gasteiger partial charge >= 0.3 is 5.97 Å². The van der Waals surface area contributed by atoms with Gasteiger partial charge in [0.25, 0.3) is 11.6 Å². The number of anilines is 1. The van der Waals surface area contributed by atoms with Gasteiger partial charge in [0, 0.05) is 43.0 Å². The number of thioether (sulfide) groups is 1. The van der Waals surface area contributed by atoms with Gasteiger partial charge in [-0.1, -0.05) is 24.0 Å². The van der Waals surface area contributed by atoms with E-state index in [0.717, 1.165) is 17.4 Å². The molecule has 0 aliphatic carbocycles. The van der Waals surface area contributed by atoms with Crippen LogP contribution in [-0.4, -0.2) is 64.0 Å². The first-order valence-electron chi connectivity index (χ1n) is 8.45. The van der Waals surface area contributed by atoms with Crippen molar-refractivity contribution in [2.75, 3.05) is 37.7 Å². The molecule has 0 spiro atoms. The second kappa shape index (κ2) is 8.67. The third-order valence-corrected chi connectivity index (χ3v) is 5.66. The highest BCUT2D eigenvalue weighted by Crippen LogP contribution is 2.35. The summed E-state index contributed by atoms with van der Waals surface area (Å²) in [7, 11) is 0. The van der Waals surface area contributed by atoms with E-state index in [0.29, 0.717) is 36.8 Å². The van der Waals surface area contributed by atoms with Gasteiger partial charge in [-0.15, -0.1) is 0 Å². The van der Waals surface area contributed by atoms with Crippen molar-refractivity contribution in [1.29, 1.82) is 0 Å². The van der Waals surface area contributed by atoms with Crippen LogP contribution in [0.3, 0.4) is 0 Å². The van der Waals surface area contributed by atoms with Crippen molar-refractivity contribution in [1.82, 2.24) is 4.90 Å². The minimum atomic E-state index is -1.02. The van der Waals surface area contributed by atoms with Crippen LogP contribution in [-0.2, 0) is 14.3 Å². The van der Waals surface area contributed by atoms with Gasteiger partial charge in [0.2, 0.25) is 0 Å². The predicted octanol–water partition coefficient (Wildman–Crippen LogP) is 2.11. The van der Waals surface area contributed by atoms with Crippen LogP contribution in [0.4, 0.5) is 11.4 Å². The van der Waals surface area contributed by atoms with Crippen molar-refractivity contribution < 1.29 is 24.4 Å². The lowest BCUT2D eigenvalue weighted by Gasteiger charge is -2.30. The molecule has 11 heteroatoms. The molecule has 2 aliphatic rings. The van der Waals surface area contributed by atoms with Crippen LogP contribution in [0.2, 0.25) is 0 Å². The standard InChI is InChI=1S/C17H17N3O6S2/c21-15(22)3-4-19-16(23)14(28-17(19)27)10-11-9-12(20(24)25)1-2-13(11)18-5-7-26-8-6-18/h1-2,9-10H,3-8H2,(H,21,22)/b14-10+. The van der Waals surface area contributed by atoms with Crippen LogP contribution >= 0.6 is 24.0 Å². The predicted molar refractivity (Wildman–Crippen MR) is 108 cm³/mol. The lowest BCUT2D eigenvalue weighted by atomic mass is 10.1. The highest BCUT2D eigenvalue weighted by atomic mass is 32.2. The van der Waals surface area contributed by atoms with Gasteiger partial charge in [0.05, 0.1) is 29.5 Å². The van der Waals surface area contributed by atoms with E-state index in [4.69, 9.17) is 22.1 Å². The number of benzene rings is 1. The molecule has 3 rings (SSSR count). The lowest BCUT2D eigenvalue weighted by molar-refractivity contribution is -0.384. The first-order chi connectivity index (χ1) is 13.4. The second-order valence-corrected chi connectivity index (χ2v) is 7.75. The monoisotopic (exact) mass is 423 g/mol. The van der Waals surface area contributed by atoms with Crippen molar-refractivity contribution in [2.45, 2.75) is 6.42 Å². The summed E-state index contributed by atoms with van der Waals surface area (Å²) >= 11 is 6.25. The number of carbonyl (C=O) groups excluding carboxylic acids is 1. The Balaban J connectivity index is 1.93. The van der Waals surface area contributed by atoms with Gasteiger partial charge in [-0.25, -0.2) is 0 Å². The Labute approximate surface area is 170 Å². The number of nitro groups is 1. The zero-order valence-corrected chi connectivity index (χ0v) is 16.3. The van der Waals surface area contributed by atoms with E-state index in [-0.39, 0.29) is 23.0 Å². The largest absolute Gasteiger partial charge is 0.481 e. The number of non-ortho nitro benzene ring substituents is 1. The molecule has 0 saturated carbocycles. The molecule has 0 unspecified atom stereocenters. The van der Waals surface area contributed by atoms with Crippen LogP contribution < -0.4 is 4.90 Å². The van der Waals surface area contributed by atoms with E-state index < -0.39 is 16.8 Å². The SMILES string of the molecule is O=C(O)CCN1C(=O)/C(=C\c2cc([N+](=O)[O-])ccc2N2CCOCC2)SC1=S. The van der Waals surface area contributed by atoms with Crippen molar-refractivity contribution in [3.63, 3.8) is 0 Å². The van der Waals surface area contributed by atoms with E-state index >= 15 is 0 Å². The Morgan fingerprint density at radius 1 is 1.39 bits per heavy atom. The number of carboxylic acid groups (broad SMARTS) is 1. The molecular formula is C17H17N3O6S2. The topological polar surface area (TPSA) is 113 Å². The van der Waals surface area contributed by atoms with Crippen LogP contribution in [0.15, 0.2) is 23.1 Å². The van der Waals surface area contributed by atoms with E-state index in [2.05, 4.69) is 0 Å². The highest BCUT2D eigenvalue weighted by molar-refractivity contribution is 8.26. The van der Waals surface area contributed by atoms with Crippen molar-refractivity contribution in [3.05, 3.63) is 38.8 Å². The summed E-state index contributed by atoms with van der Waals surface area (Å²) in [6, 6.07) is 4.52. The molecule has 1 amide bonds. The van der Waals surface area contributed by atoms with Gasteiger partial charge in [-0.3, -0.25) is 24.6 Å². The number of morpholine rings is 1. The average Bonchev–Trinajstić information content (AvgIpc) is 2.93. The fraction of sp³-hybridized carbons (Fsp3) is 0.353. The first-order valence-corrected chi connectivity index (χ1v) is 9.67. The molecule has 0 atom stereocenters. The molecule has 1 aromatic rings. The van der Waals surface area contributed by atoms with Crippen molar-refractivity contribution >= 4 is 57.6 Å². The number of amides is 1. The summed E-state index contributed by atoms with van der Waals surface area (Å²) in [5.41, 5.74) is 1.23. The molecule has 2 fully saturated rings. The minimum Gasteiger partial charge on any atom is -0.481 e. The van der Waals surface area contributed by atoms with Gasteiger partial charge in [0.1, 0.15) is 4.32 Å². The molecule has 0 radical (unpaired) electrons. The zero-order valence-electron chi connectivity index (χ0n) is 14.7. The number of ether oxygens (including phenoxy) is 1. The molecule has 2 heterocycles. The van der Waals surface area contributed by atoms with Gasteiger partial charge < -0.3 is 14.7 Å². The third-order valence-electron chi connectivity index (χ3n) is 4.28. The van der Waals surface area contributed by atoms with Gasteiger partial charge in [-0.2, -0.15) is 0 Å². The third kappa shape index (κ3) is 4.49.